The van der Waals surface area contributed by atoms with Gasteiger partial charge in [-0.15, -0.1) is 0 Å². The number of carboxylic acid groups (broad SMARTS) is 2. The second-order valence-corrected chi connectivity index (χ2v) is 3.05. The minimum Gasteiger partial charge on any atom is -0.478 e. The van der Waals surface area contributed by atoms with E-state index in [4.69, 9.17) is 10.2 Å². The first-order valence-corrected chi connectivity index (χ1v) is 4.22. The second kappa shape index (κ2) is 3.16. The molecule has 0 saturated heterocycles. The summed E-state index contributed by atoms with van der Waals surface area (Å²) in [5, 5.41) is 20.3. The fourth-order valence-corrected chi connectivity index (χ4v) is 1.54. The van der Waals surface area contributed by atoms with Crippen LogP contribution in [-0.4, -0.2) is 28.4 Å². The Morgan fingerprint density at radius 1 is 1.27 bits per heavy atom. The van der Waals surface area contributed by atoms with Gasteiger partial charge in [0, 0.05) is 0 Å². The Morgan fingerprint density at radius 2 is 1.93 bits per heavy atom. The number of hydrogen-bond donors (Lipinski definition) is 3. The van der Waals surface area contributed by atoms with Crippen molar-refractivity contribution in [2.24, 2.45) is 0 Å². The maximum absolute atomic E-state index is 10.9. The van der Waals surface area contributed by atoms with Crippen LogP contribution in [0.15, 0.2) is 24.3 Å². The molecule has 1 aromatic carbocycles. The number of aliphatic carboxylic acids is 1. The van der Waals surface area contributed by atoms with Gasteiger partial charge >= 0.3 is 12.1 Å². The van der Waals surface area contributed by atoms with E-state index in [9.17, 15) is 9.59 Å². The Labute approximate surface area is 84.7 Å². The zero-order chi connectivity index (χ0) is 11.0. The molecule has 1 amide bonds. The standard InChI is InChI=1S/C9H8N2O4/c12-8(13)7-10-5-3-1-2-4-6(5)11(7)9(14)15/h1-4,7,10H,(H,12,13)(H,14,15). The minimum absolute atomic E-state index is 0.359. The van der Waals surface area contributed by atoms with Crippen molar-refractivity contribution in [3.05, 3.63) is 24.3 Å². The molecule has 15 heavy (non-hydrogen) atoms. The van der Waals surface area contributed by atoms with Crippen molar-refractivity contribution in [3.63, 3.8) is 0 Å². The third-order valence-electron chi connectivity index (χ3n) is 2.15. The number of carboxylic acids is 1. The van der Waals surface area contributed by atoms with E-state index in [2.05, 4.69) is 5.32 Å². The van der Waals surface area contributed by atoms with Gasteiger partial charge in [-0.25, -0.2) is 14.5 Å². The normalized spacial score (nSPS) is 18.1. The van der Waals surface area contributed by atoms with Gasteiger partial charge in [0.05, 0.1) is 11.4 Å². The van der Waals surface area contributed by atoms with E-state index in [1.807, 2.05) is 0 Å². The zero-order valence-electron chi connectivity index (χ0n) is 7.54. The van der Waals surface area contributed by atoms with Crippen LogP contribution in [0.4, 0.5) is 16.2 Å². The summed E-state index contributed by atoms with van der Waals surface area (Å²) in [7, 11) is 0. The largest absolute Gasteiger partial charge is 0.478 e. The lowest BCUT2D eigenvalue weighted by molar-refractivity contribution is -0.137. The number of nitrogens with zero attached hydrogens (tertiary/aromatic N) is 1. The van der Waals surface area contributed by atoms with E-state index >= 15 is 0 Å². The minimum atomic E-state index is -1.29. The summed E-state index contributed by atoms with van der Waals surface area (Å²) >= 11 is 0. The van der Waals surface area contributed by atoms with Gasteiger partial charge in [-0.3, -0.25) is 0 Å². The van der Waals surface area contributed by atoms with Gasteiger partial charge < -0.3 is 15.5 Å². The van der Waals surface area contributed by atoms with E-state index in [1.165, 1.54) is 0 Å². The molecule has 1 aliphatic heterocycles. The molecule has 3 N–H and O–H groups in total. The van der Waals surface area contributed by atoms with Crippen LogP contribution in [0.25, 0.3) is 0 Å². The molecule has 0 radical (unpaired) electrons. The van der Waals surface area contributed by atoms with Gasteiger partial charge in [0.2, 0.25) is 6.17 Å². The predicted octanol–water partition coefficient (Wildman–Crippen LogP) is 1.01. The predicted molar refractivity (Wildman–Crippen MR) is 52.0 cm³/mol. The topological polar surface area (TPSA) is 89.9 Å². The van der Waals surface area contributed by atoms with E-state index in [-0.39, 0.29) is 0 Å². The van der Waals surface area contributed by atoms with Crippen molar-refractivity contribution in [1.82, 2.24) is 0 Å². The van der Waals surface area contributed by atoms with Crippen LogP contribution in [0.2, 0.25) is 0 Å². The van der Waals surface area contributed by atoms with Crippen molar-refractivity contribution in [3.8, 4) is 0 Å². The lowest BCUT2D eigenvalue weighted by Gasteiger charge is -2.17. The van der Waals surface area contributed by atoms with Gasteiger partial charge in [-0.1, -0.05) is 12.1 Å². The van der Waals surface area contributed by atoms with E-state index in [1.54, 1.807) is 24.3 Å². The molecular weight excluding hydrogens is 200 g/mol. The molecule has 0 fully saturated rings. The molecule has 2 rings (SSSR count). The van der Waals surface area contributed by atoms with Gasteiger partial charge in [0.15, 0.2) is 0 Å². The van der Waals surface area contributed by atoms with Crippen molar-refractivity contribution < 1.29 is 19.8 Å². The number of nitrogens with one attached hydrogen (secondary N) is 1. The maximum Gasteiger partial charge on any atom is 0.414 e. The molecule has 0 bridgehead atoms. The Kier molecular flexibility index (Phi) is 1.96. The molecule has 0 saturated carbocycles. The van der Waals surface area contributed by atoms with Crippen LogP contribution in [-0.2, 0) is 4.79 Å². The van der Waals surface area contributed by atoms with Crippen molar-refractivity contribution in [1.29, 1.82) is 0 Å². The molecule has 0 spiro atoms. The number of benzene rings is 1. The fraction of sp³-hybridized carbons (Fsp3) is 0.111. The Hall–Kier alpha value is -2.24. The van der Waals surface area contributed by atoms with E-state index in [0.29, 0.717) is 11.4 Å². The highest BCUT2D eigenvalue weighted by molar-refractivity contribution is 6.02. The monoisotopic (exact) mass is 208 g/mol. The van der Waals surface area contributed by atoms with Gasteiger partial charge in [-0.2, -0.15) is 0 Å². The summed E-state index contributed by atoms with van der Waals surface area (Å²) in [6.45, 7) is 0. The fourth-order valence-electron chi connectivity index (χ4n) is 1.54. The summed E-state index contributed by atoms with van der Waals surface area (Å²) in [4.78, 5) is 22.5. The highest BCUT2D eigenvalue weighted by atomic mass is 16.4. The third kappa shape index (κ3) is 1.35. The first-order chi connectivity index (χ1) is 7.11. The zero-order valence-corrected chi connectivity index (χ0v) is 7.54. The summed E-state index contributed by atoms with van der Waals surface area (Å²) in [6.07, 6.45) is -2.54. The van der Waals surface area contributed by atoms with Gasteiger partial charge in [0.25, 0.3) is 0 Å². The van der Waals surface area contributed by atoms with Crippen molar-refractivity contribution in [2.45, 2.75) is 6.17 Å². The molecular formula is C9H8N2O4. The Morgan fingerprint density at radius 3 is 2.53 bits per heavy atom. The molecule has 0 aliphatic carbocycles. The van der Waals surface area contributed by atoms with E-state index < -0.39 is 18.2 Å². The lowest BCUT2D eigenvalue weighted by atomic mass is 10.3. The third-order valence-corrected chi connectivity index (χ3v) is 2.15. The van der Waals surface area contributed by atoms with Crippen molar-refractivity contribution >= 4 is 23.4 Å². The number of carbonyl (C=O) groups is 2. The van der Waals surface area contributed by atoms with E-state index in [0.717, 1.165) is 4.90 Å². The first-order valence-electron chi connectivity index (χ1n) is 4.22. The smallest absolute Gasteiger partial charge is 0.414 e. The SMILES string of the molecule is O=C(O)C1Nc2ccccc2N1C(=O)O. The molecule has 1 heterocycles. The maximum atomic E-state index is 10.9. The lowest BCUT2D eigenvalue weighted by Crippen LogP contribution is -2.45. The summed E-state index contributed by atoms with van der Waals surface area (Å²) < 4.78 is 0. The van der Waals surface area contributed by atoms with Crippen molar-refractivity contribution in [2.75, 3.05) is 10.2 Å². The molecule has 0 aromatic heterocycles. The Bertz CT molecular complexity index is 432. The number of para-hydroxylation sites is 2. The average molecular weight is 208 g/mol. The Balaban J connectivity index is 2.46. The van der Waals surface area contributed by atoms with Crippen LogP contribution in [0.5, 0.6) is 0 Å². The number of fused-ring (bicyclic) bond motifs is 1. The molecule has 78 valence electrons. The van der Waals surface area contributed by atoms with Gasteiger partial charge in [-0.05, 0) is 12.1 Å². The molecule has 1 aromatic rings. The first kappa shape index (κ1) is 9.32. The van der Waals surface area contributed by atoms with Crippen LogP contribution in [0, 0.1) is 0 Å². The average Bonchev–Trinajstić information content (AvgIpc) is 2.56. The molecule has 6 heteroatoms. The highest BCUT2D eigenvalue weighted by Crippen LogP contribution is 2.34. The quantitative estimate of drug-likeness (QED) is 0.640. The summed E-state index contributed by atoms with van der Waals surface area (Å²) in [5.74, 6) is -1.23. The van der Waals surface area contributed by atoms with Crippen LogP contribution < -0.4 is 10.2 Å². The summed E-state index contributed by atoms with van der Waals surface area (Å²) in [6, 6.07) is 6.55. The number of hydrogen-bond acceptors (Lipinski definition) is 3. The second-order valence-electron chi connectivity index (χ2n) is 3.05. The summed E-state index contributed by atoms with van der Waals surface area (Å²) in [5.41, 5.74) is 0.865. The van der Waals surface area contributed by atoms with Crippen LogP contribution >= 0.6 is 0 Å². The molecule has 1 unspecified atom stereocenters. The number of anilines is 2. The molecule has 6 nitrogen and oxygen atoms in total. The molecule has 1 aliphatic rings. The van der Waals surface area contributed by atoms with Crippen LogP contribution in [0.1, 0.15) is 0 Å². The highest BCUT2D eigenvalue weighted by Gasteiger charge is 2.37. The number of amides is 1. The number of rotatable bonds is 1. The molecule has 1 atom stereocenters. The van der Waals surface area contributed by atoms with Gasteiger partial charge in [0.1, 0.15) is 0 Å². The van der Waals surface area contributed by atoms with Crippen LogP contribution in [0.3, 0.4) is 0 Å².